The van der Waals surface area contributed by atoms with Gasteiger partial charge in [0.15, 0.2) is 0 Å². The highest BCUT2D eigenvalue weighted by Crippen LogP contribution is 2.18. The van der Waals surface area contributed by atoms with E-state index in [1.807, 2.05) is 30.0 Å². The minimum Gasteiger partial charge on any atom is -0.342 e. The summed E-state index contributed by atoms with van der Waals surface area (Å²) in [7, 11) is 0. The van der Waals surface area contributed by atoms with Crippen LogP contribution < -0.4 is 0 Å². The maximum atomic E-state index is 11.7. The molecule has 0 aromatic heterocycles. The lowest BCUT2D eigenvalue weighted by Crippen LogP contribution is -2.32. The van der Waals surface area contributed by atoms with Gasteiger partial charge in [-0.2, -0.15) is 5.26 Å². The quantitative estimate of drug-likeness (QED) is 0.736. The van der Waals surface area contributed by atoms with Crippen LogP contribution in [0.2, 0.25) is 0 Å². The van der Waals surface area contributed by atoms with Gasteiger partial charge in [0.1, 0.15) is 0 Å². The first-order chi connectivity index (χ1) is 8.24. The Kier molecular flexibility index (Phi) is 3.43. The van der Waals surface area contributed by atoms with E-state index in [-0.39, 0.29) is 5.91 Å². The molecule has 0 atom stereocenters. The molecule has 0 saturated carbocycles. The summed E-state index contributed by atoms with van der Waals surface area (Å²) in [6.07, 6.45) is 2.32. The minimum absolute atomic E-state index is 0.221. The molecular formula is C14H16N2O. The Labute approximate surface area is 102 Å². The maximum absolute atomic E-state index is 11.7. The second-order valence-corrected chi connectivity index (χ2v) is 4.33. The summed E-state index contributed by atoms with van der Waals surface area (Å²) in [5.74, 6) is 0.221. The Morgan fingerprint density at radius 3 is 2.71 bits per heavy atom. The summed E-state index contributed by atoms with van der Waals surface area (Å²) in [5.41, 5.74) is 3.20. The van der Waals surface area contributed by atoms with Crippen LogP contribution in [0.15, 0.2) is 18.2 Å². The molecule has 0 N–H and O–H groups in total. The van der Waals surface area contributed by atoms with Crippen LogP contribution in [0, 0.1) is 11.3 Å². The Morgan fingerprint density at radius 2 is 2.06 bits per heavy atom. The van der Waals surface area contributed by atoms with Crippen LogP contribution in [-0.2, 0) is 17.6 Å². The van der Waals surface area contributed by atoms with Gasteiger partial charge in [0.25, 0.3) is 0 Å². The number of carbonyl (C=O) groups is 1. The van der Waals surface area contributed by atoms with Gasteiger partial charge in [-0.15, -0.1) is 0 Å². The number of amides is 1. The molecule has 2 rings (SSSR count). The fourth-order valence-electron chi connectivity index (χ4n) is 2.27. The van der Waals surface area contributed by atoms with Gasteiger partial charge in [0.05, 0.1) is 11.6 Å². The zero-order valence-electron chi connectivity index (χ0n) is 10.1. The third-order valence-electron chi connectivity index (χ3n) is 3.29. The molecule has 0 aliphatic carbocycles. The van der Waals surface area contributed by atoms with Crippen LogP contribution in [0.1, 0.15) is 30.0 Å². The van der Waals surface area contributed by atoms with Crippen molar-refractivity contribution in [3.63, 3.8) is 0 Å². The van der Waals surface area contributed by atoms with Gasteiger partial charge in [0.2, 0.25) is 5.91 Å². The van der Waals surface area contributed by atoms with Gasteiger partial charge in [0, 0.05) is 19.5 Å². The lowest BCUT2D eigenvalue weighted by atomic mass is 10.0. The zero-order valence-corrected chi connectivity index (χ0v) is 10.1. The molecule has 1 amide bonds. The number of benzene rings is 1. The van der Waals surface area contributed by atoms with E-state index in [0.29, 0.717) is 12.0 Å². The Balaban J connectivity index is 2.19. The van der Waals surface area contributed by atoms with Crippen molar-refractivity contribution in [2.24, 2.45) is 0 Å². The van der Waals surface area contributed by atoms with Crippen LogP contribution in [0.25, 0.3) is 0 Å². The summed E-state index contributed by atoms with van der Waals surface area (Å²) in [5, 5.41) is 8.87. The molecule has 0 spiro atoms. The first kappa shape index (κ1) is 11.7. The number of nitriles is 1. The Morgan fingerprint density at radius 1 is 1.35 bits per heavy atom. The number of fused-ring (bicyclic) bond motifs is 1. The molecule has 0 saturated heterocycles. The first-order valence-electron chi connectivity index (χ1n) is 6.04. The van der Waals surface area contributed by atoms with Gasteiger partial charge >= 0.3 is 0 Å². The average molecular weight is 228 g/mol. The normalized spacial score (nSPS) is 14.7. The number of nitrogens with zero attached hydrogens (tertiary/aromatic N) is 2. The van der Waals surface area contributed by atoms with Crippen LogP contribution in [0.3, 0.4) is 0 Å². The monoisotopic (exact) mass is 228 g/mol. The number of carbonyl (C=O) groups excluding carboxylic acids is 1. The summed E-state index contributed by atoms with van der Waals surface area (Å²) in [6.45, 7) is 3.47. The number of hydrogen-bond acceptors (Lipinski definition) is 2. The standard InChI is InChI=1S/C14H16N2O/c1-2-14(17)16-7-5-12-4-3-11(10-15)9-13(12)6-8-16/h3-4,9H,2,5-8H2,1H3. The Hall–Kier alpha value is -1.82. The smallest absolute Gasteiger partial charge is 0.222 e. The third kappa shape index (κ3) is 2.47. The fourth-order valence-corrected chi connectivity index (χ4v) is 2.27. The predicted molar refractivity (Wildman–Crippen MR) is 65.4 cm³/mol. The van der Waals surface area contributed by atoms with Gasteiger partial charge < -0.3 is 4.90 Å². The van der Waals surface area contributed by atoms with Gasteiger partial charge in [-0.05, 0) is 36.1 Å². The predicted octanol–water partition coefficient (Wildman–Crippen LogP) is 1.90. The van der Waals surface area contributed by atoms with E-state index < -0.39 is 0 Å². The lowest BCUT2D eigenvalue weighted by molar-refractivity contribution is -0.130. The van der Waals surface area contributed by atoms with Gasteiger partial charge in [-0.25, -0.2) is 0 Å². The largest absolute Gasteiger partial charge is 0.342 e. The molecule has 0 unspecified atom stereocenters. The molecule has 1 aliphatic heterocycles. The van der Waals surface area contributed by atoms with E-state index in [2.05, 4.69) is 6.07 Å². The van der Waals surface area contributed by atoms with Crippen LogP contribution >= 0.6 is 0 Å². The summed E-state index contributed by atoms with van der Waals surface area (Å²) >= 11 is 0. The molecule has 0 fully saturated rings. The van der Waals surface area contributed by atoms with E-state index >= 15 is 0 Å². The Bertz CT molecular complexity index is 474. The SMILES string of the molecule is CCC(=O)N1CCc2ccc(C#N)cc2CC1. The highest BCUT2D eigenvalue weighted by Gasteiger charge is 2.17. The van der Waals surface area contributed by atoms with Crippen LogP contribution in [0.4, 0.5) is 0 Å². The second kappa shape index (κ2) is 5.01. The van der Waals surface area contributed by atoms with Crippen molar-refractivity contribution >= 4 is 5.91 Å². The number of rotatable bonds is 1. The molecule has 3 nitrogen and oxygen atoms in total. The fraction of sp³-hybridized carbons (Fsp3) is 0.429. The molecule has 3 heteroatoms. The summed E-state index contributed by atoms with van der Waals surface area (Å²) < 4.78 is 0. The molecule has 1 aliphatic rings. The second-order valence-electron chi connectivity index (χ2n) is 4.33. The van der Waals surface area contributed by atoms with Gasteiger partial charge in [-0.3, -0.25) is 4.79 Å². The van der Waals surface area contributed by atoms with Crippen molar-refractivity contribution in [2.45, 2.75) is 26.2 Å². The number of hydrogen-bond donors (Lipinski definition) is 0. The molecule has 1 aromatic carbocycles. The molecule has 88 valence electrons. The van der Waals surface area contributed by atoms with Gasteiger partial charge in [-0.1, -0.05) is 13.0 Å². The van der Waals surface area contributed by atoms with E-state index in [9.17, 15) is 4.79 Å². The van der Waals surface area contributed by atoms with Crippen molar-refractivity contribution in [1.82, 2.24) is 4.90 Å². The average Bonchev–Trinajstić information content (AvgIpc) is 2.59. The van der Waals surface area contributed by atoms with Crippen molar-refractivity contribution in [3.05, 3.63) is 34.9 Å². The van der Waals surface area contributed by atoms with Crippen molar-refractivity contribution in [2.75, 3.05) is 13.1 Å². The van der Waals surface area contributed by atoms with E-state index in [1.54, 1.807) is 0 Å². The highest BCUT2D eigenvalue weighted by molar-refractivity contribution is 5.76. The van der Waals surface area contributed by atoms with Crippen molar-refractivity contribution in [1.29, 1.82) is 5.26 Å². The maximum Gasteiger partial charge on any atom is 0.222 e. The summed E-state index contributed by atoms with van der Waals surface area (Å²) in [4.78, 5) is 13.6. The topological polar surface area (TPSA) is 44.1 Å². The third-order valence-corrected chi connectivity index (χ3v) is 3.29. The van der Waals surface area contributed by atoms with E-state index in [4.69, 9.17) is 5.26 Å². The van der Waals surface area contributed by atoms with Crippen LogP contribution in [0.5, 0.6) is 0 Å². The van der Waals surface area contributed by atoms with Crippen molar-refractivity contribution < 1.29 is 4.79 Å². The molecule has 17 heavy (non-hydrogen) atoms. The lowest BCUT2D eigenvalue weighted by Gasteiger charge is -2.19. The highest BCUT2D eigenvalue weighted by atomic mass is 16.2. The molecule has 0 bridgehead atoms. The molecule has 1 aromatic rings. The van der Waals surface area contributed by atoms with Crippen LogP contribution in [-0.4, -0.2) is 23.9 Å². The molecule has 1 heterocycles. The minimum atomic E-state index is 0.221. The zero-order chi connectivity index (χ0) is 12.3. The van der Waals surface area contributed by atoms with E-state index in [0.717, 1.165) is 25.9 Å². The van der Waals surface area contributed by atoms with Crippen molar-refractivity contribution in [3.8, 4) is 6.07 Å². The summed E-state index contributed by atoms with van der Waals surface area (Å²) in [6, 6.07) is 7.99. The molecular weight excluding hydrogens is 212 g/mol. The molecule has 0 radical (unpaired) electrons. The first-order valence-corrected chi connectivity index (χ1v) is 6.04. The van der Waals surface area contributed by atoms with E-state index in [1.165, 1.54) is 11.1 Å².